The molecule has 0 aliphatic carbocycles. The van der Waals surface area contributed by atoms with Gasteiger partial charge in [0.05, 0.1) is 26.3 Å². The lowest BCUT2D eigenvalue weighted by atomic mass is 10.1. The molecule has 0 bridgehead atoms. The van der Waals surface area contributed by atoms with Crippen LogP contribution in [0.1, 0.15) is 38.3 Å². The largest absolute Gasteiger partial charge is 0.497 e. The first-order chi connectivity index (χ1) is 17.7. The third-order valence-electron chi connectivity index (χ3n) is 6.31. The van der Waals surface area contributed by atoms with Crippen molar-refractivity contribution < 1.29 is 28.7 Å². The Morgan fingerprint density at radius 2 is 1.41 bits per heavy atom. The van der Waals surface area contributed by atoms with E-state index < -0.39 is 29.7 Å². The summed E-state index contributed by atoms with van der Waals surface area (Å²) in [5.41, 5.74) is 5.36. The minimum absolute atomic E-state index is 0.209. The Morgan fingerprint density at radius 1 is 0.838 bits per heavy atom. The Hall–Kier alpha value is -4.66. The summed E-state index contributed by atoms with van der Waals surface area (Å²) in [7, 11) is 3.01. The Kier molecular flexibility index (Phi) is 7.24. The standard InChI is InChI=1S/C28H27N3O6/c1-17-5-10-21(15-18(17)2)30-25(32)16-24(28(30)35)31(27(34)20-8-13-23(37-4)14-9-20)29-26(33)19-6-11-22(36-3)12-7-19/h5-15,24H,16H2,1-4H3,(H,29,33). The molecular weight excluding hydrogens is 474 g/mol. The number of hydrogen-bond donors (Lipinski definition) is 1. The van der Waals surface area contributed by atoms with Crippen LogP contribution < -0.4 is 19.8 Å². The van der Waals surface area contributed by atoms with Crippen LogP contribution in [0.25, 0.3) is 0 Å². The molecule has 1 N–H and O–H groups in total. The van der Waals surface area contributed by atoms with Crippen LogP contribution in [-0.2, 0) is 9.59 Å². The van der Waals surface area contributed by atoms with E-state index in [2.05, 4.69) is 5.43 Å². The number of nitrogens with zero attached hydrogens (tertiary/aromatic N) is 2. The maximum atomic E-state index is 13.6. The van der Waals surface area contributed by atoms with Crippen LogP contribution in [0.4, 0.5) is 5.69 Å². The first-order valence-electron chi connectivity index (χ1n) is 11.6. The van der Waals surface area contributed by atoms with Gasteiger partial charge < -0.3 is 9.47 Å². The van der Waals surface area contributed by atoms with E-state index in [0.717, 1.165) is 21.0 Å². The van der Waals surface area contributed by atoms with Crippen molar-refractivity contribution in [2.24, 2.45) is 0 Å². The molecule has 1 aliphatic heterocycles. The van der Waals surface area contributed by atoms with Crippen LogP contribution >= 0.6 is 0 Å². The van der Waals surface area contributed by atoms with Gasteiger partial charge in [0.15, 0.2) is 0 Å². The SMILES string of the molecule is COc1ccc(C(=O)NN(C(=O)c2ccc(OC)cc2)C2CC(=O)N(c3ccc(C)c(C)c3)C2=O)cc1. The lowest BCUT2D eigenvalue weighted by molar-refractivity contribution is -0.122. The number of ether oxygens (including phenoxy) is 2. The average Bonchev–Trinajstić information content (AvgIpc) is 3.21. The summed E-state index contributed by atoms with van der Waals surface area (Å²) in [6.07, 6.45) is -0.281. The fraction of sp³-hybridized carbons (Fsp3) is 0.214. The van der Waals surface area contributed by atoms with Gasteiger partial charge in [-0.2, -0.15) is 0 Å². The highest BCUT2D eigenvalue weighted by Crippen LogP contribution is 2.28. The van der Waals surface area contributed by atoms with Crippen LogP contribution in [0.2, 0.25) is 0 Å². The normalized spacial score (nSPS) is 14.9. The molecule has 3 aromatic rings. The Balaban J connectivity index is 1.67. The van der Waals surface area contributed by atoms with Crippen molar-refractivity contribution in [3.8, 4) is 11.5 Å². The van der Waals surface area contributed by atoms with E-state index in [1.165, 1.54) is 38.5 Å². The molecule has 4 amide bonds. The first-order valence-corrected chi connectivity index (χ1v) is 11.6. The summed E-state index contributed by atoms with van der Waals surface area (Å²) in [5, 5.41) is 0.940. The minimum atomic E-state index is -1.23. The van der Waals surface area contributed by atoms with Gasteiger partial charge in [0.2, 0.25) is 5.91 Å². The smallest absolute Gasteiger partial charge is 0.273 e. The van der Waals surface area contributed by atoms with Crippen molar-refractivity contribution in [3.05, 3.63) is 89.0 Å². The number of hydrogen-bond acceptors (Lipinski definition) is 6. The van der Waals surface area contributed by atoms with Crippen molar-refractivity contribution in [3.63, 3.8) is 0 Å². The molecular formula is C28H27N3O6. The van der Waals surface area contributed by atoms with Crippen molar-refractivity contribution in [2.45, 2.75) is 26.3 Å². The summed E-state index contributed by atoms with van der Waals surface area (Å²) in [6, 6.07) is 16.6. The third-order valence-corrected chi connectivity index (χ3v) is 6.31. The number of imide groups is 1. The molecule has 1 fully saturated rings. The van der Waals surface area contributed by atoms with Gasteiger partial charge in [-0.3, -0.25) is 24.6 Å². The molecule has 190 valence electrons. The average molecular weight is 502 g/mol. The summed E-state index contributed by atoms with van der Waals surface area (Å²) in [5.74, 6) is -1.23. The van der Waals surface area contributed by atoms with Gasteiger partial charge >= 0.3 is 0 Å². The molecule has 0 aromatic heterocycles. The molecule has 1 aliphatic rings. The summed E-state index contributed by atoms with van der Waals surface area (Å²) < 4.78 is 10.3. The fourth-order valence-corrected chi connectivity index (χ4v) is 4.01. The lowest BCUT2D eigenvalue weighted by Crippen LogP contribution is -2.54. The number of rotatable bonds is 6. The Bertz CT molecular complexity index is 1350. The highest BCUT2D eigenvalue weighted by atomic mass is 16.5. The summed E-state index contributed by atoms with van der Waals surface area (Å²) >= 11 is 0. The molecule has 0 radical (unpaired) electrons. The second kappa shape index (κ2) is 10.5. The molecule has 1 atom stereocenters. The molecule has 0 spiro atoms. The van der Waals surface area contributed by atoms with Crippen molar-refractivity contribution >= 4 is 29.3 Å². The second-order valence-corrected chi connectivity index (χ2v) is 8.63. The van der Waals surface area contributed by atoms with Crippen molar-refractivity contribution in [1.29, 1.82) is 0 Å². The van der Waals surface area contributed by atoms with Gasteiger partial charge in [0.25, 0.3) is 17.7 Å². The molecule has 1 heterocycles. The first kappa shape index (κ1) is 25.4. The van der Waals surface area contributed by atoms with E-state index in [0.29, 0.717) is 17.2 Å². The second-order valence-electron chi connectivity index (χ2n) is 8.63. The van der Waals surface area contributed by atoms with Gasteiger partial charge in [-0.05, 0) is 85.6 Å². The molecule has 9 nitrogen and oxygen atoms in total. The molecule has 0 saturated carbocycles. The summed E-state index contributed by atoms with van der Waals surface area (Å²) in [6.45, 7) is 3.81. The zero-order valence-electron chi connectivity index (χ0n) is 21.0. The zero-order valence-corrected chi connectivity index (χ0v) is 21.0. The number of amides is 4. The van der Waals surface area contributed by atoms with E-state index >= 15 is 0 Å². The summed E-state index contributed by atoms with van der Waals surface area (Å²) in [4.78, 5) is 54.2. The topological polar surface area (TPSA) is 105 Å². The predicted octanol–water partition coefficient (Wildman–Crippen LogP) is 3.44. The van der Waals surface area contributed by atoms with E-state index in [4.69, 9.17) is 9.47 Å². The Labute approximate surface area is 214 Å². The van der Waals surface area contributed by atoms with Crippen LogP contribution in [0.15, 0.2) is 66.7 Å². The third kappa shape index (κ3) is 5.16. The quantitative estimate of drug-likeness (QED) is 0.410. The van der Waals surface area contributed by atoms with E-state index in [9.17, 15) is 19.2 Å². The maximum Gasteiger partial charge on any atom is 0.273 e. The van der Waals surface area contributed by atoms with Crippen LogP contribution in [0.3, 0.4) is 0 Å². The number of anilines is 1. The Morgan fingerprint density at radius 3 is 1.95 bits per heavy atom. The highest BCUT2D eigenvalue weighted by Gasteiger charge is 2.45. The van der Waals surface area contributed by atoms with Crippen molar-refractivity contribution in [2.75, 3.05) is 19.1 Å². The van der Waals surface area contributed by atoms with Crippen molar-refractivity contribution in [1.82, 2.24) is 10.4 Å². The predicted molar refractivity (Wildman–Crippen MR) is 136 cm³/mol. The number of carbonyl (C=O) groups excluding carboxylic acids is 4. The monoisotopic (exact) mass is 501 g/mol. The van der Waals surface area contributed by atoms with Crippen LogP contribution in [0.5, 0.6) is 11.5 Å². The highest BCUT2D eigenvalue weighted by molar-refractivity contribution is 6.23. The molecule has 4 rings (SSSR count). The fourth-order valence-electron chi connectivity index (χ4n) is 4.01. The number of hydrazine groups is 1. The van der Waals surface area contributed by atoms with Gasteiger partial charge in [0.1, 0.15) is 17.5 Å². The number of nitrogens with one attached hydrogen (secondary N) is 1. The van der Waals surface area contributed by atoms with E-state index in [1.54, 1.807) is 36.4 Å². The minimum Gasteiger partial charge on any atom is -0.497 e. The van der Waals surface area contributed by atoms with Gasteiger partial charge in [-0.25, -0.2) is 9.91 Å². The molecule has 3 aromatic carbocycles. The van der Waals surface area contributed by atoms with Crippen LogP contribution in [0, 0.1) is 13.8 Å². The number of methoxy groups -OCH3 is 2. The van der Waals surface area contributed by atoms with Crippen LogP contribution in [-0.4, -0.2) is 48.9 Å². The molecule has 1 unspecified atom stereocenters. The number of carbonyl (C=O) groups is 4. The lowest BCUT2D eigenvalue weighted by Gasteiger charge is -2.28. The van der Waals surface area contributed by atoms with Gasteiger partial charge in [-0.15, -0.1) is 0 Å². The zero-order chi connectivity index (χ0) is 26.7. The van der Waals surface area contributed by atoms with Gasteiger partial charge in [0, 0.05) is 11.1 Å². The maximum absolute atomic E-state index is 13.6. The van der Waals surface area contributed by atoms with Gasteiger partial charge in [-0.1, -0.05) is 6.07 Å². The number of aryl methyl sites for hydroxylation is 2. The molecule has 1 saturated heterocycles. The molecule has 9 heteroatoms. The van der Waals surface area contributed by atoms with E-state index in [-0.39, 0.29) is 17.5 Å². The van der Waals surface area contributed by atoms with E-state index in [1.807, 2.05) is 19.9 Å². The molecule has 37 heavy (non-hydrogen) atoms. The number of benzene rings is 3.